The lowest BCUT2D eigenvalue weighted by Crippen LogP contribution is -2.28. The Kier molecular flexibility index (Phi) is 2.59. The van der Waals surface area contributed by atoms with Crippen molar-refractivity contribution in [3.8, 4) is 0 Å². The van der Waals surface area contributed by atoms with E-state index in [1.54, 1.807) is 22.3 Å². The molecule has 0 heterocycles. The van der Waals surface area contributed by atoms with E-state index < -0.39 is 0 Å². The van der Waals surface area contributed by atoms with Crippen molar-refractivity contribution in [2.24, 2.45) is 11.3 Å². The molecule has 102 valence electrons. The van der Waals surface area contributed by atoms with Gasteiger partial charge in [0.15, 0.2) is 0 Å². The number of benzene rings is 1. The molecule has 19 heavy (non-hydrogen) atoms. The first-order chi connectivity index (χ1) is 9.17. The number of hydrogen-bond donors (Lipinski definition) is 0. The molecule has 1 aromatic rings. The highest BCUT2D eigenvalue weighted by molar-refractivity contribution is 5.47. The molecule has 0 amide bonds. The van der Waals surface area contributed by atoms with Crippen molar-refractivity contribution in [3.63, 3.8) is 0 Å². The Labute approximate surface area is 117 Å². The molecule has 3 atom stereocenters. The monoisotopic (exact) mass is 254 g/mol. The third-order valence-electron chi connectivity index (χ3n) is 6.42. The van der Waals surface area contributed by atoms with Crippen LogP contribution in [0.15, 0.2) is 12.1 Å². The Morgan fingerprint density at radius 2 is 1.95 bits per heavy atom. The highest BCUT2D eigenvalue weighted by Crippen LogP contribution is 2.56. The molecule has 1 fully saturated rings. The molecule has 1 saturated carbocycles. The number of hydrogen-bond acceptors (Lipinski definition) is 0. The van der Waals surface area contributed by atoms with E-state index in [0.717, 1.165) is 11.8 Å². The summed E-state index contributed by atoms with van der Waals surface area (Å²) in [6.07, 6.45) is 11.2. The first-order valence-electron chi connectivity index (χ1n) is 8.31. The molecule has 0 saturated heterocycles. The van der Waals surface area contributed by atoms with Gasteiger partial charge in [-0.2, -0.15) is 0 Å². The summed E-state index contributed by atoms with van der Waals surface area (Å²) in [7, 11) is 0. The van der Waals surface area contributed by atoms with Crippen molar-refractivity contribution in [2.75, 3.05) is 0 Å². The van der Waals surface area contributed by atoms with E-state index in [-0.39, 0.29) is 0 Å². The van der Waals surface area contributed by atoms with E-state index in [1.807, 2.05) is 0 Å². The van der Waals surface area contributed by atoms with Crippen molar-refractivity contribution in [2.45, 2.75) is 71.1 Å². The molecule has 1 aromatic carbocycles. The smallest absolute Gasteiger partial charge is 0.0105 e. The second-order valence-corrected chi connectivity index (χ2v) is 7.72. The van der Waals surface area contributed by atoms with Gasteiger partial charge >= 0.3 is 0 Å². The van der Waals surface area contributed by atoms with Crippen LogP contribution in [-0.4, -0.2) is 0 Å². The summed E-state index contributed by atoms with van der Waals surface area (Å²) in [5.41, 5.74) is 7.61. The Bertz CT molecular complexity index is 513. The van der Waals surface area contributed by atoms with Crippen molar-refractivity contribution in [1.29, 1.82) is 0 Å². The van der Waals surface area contributed by atoms with E-state index in [0.29, 0.717) is 5.41 Å². The molecule has 0 bridgehead atoms. The van der Waals surface area contributed by atoms with Gasteiger partial charge < -0.3 is 0 Å². The summed E-state index contributed by atoms with van der Waals surface area (Å²) < 4.78 is 0. The minimum Gasteiger partial charge on any atom is -0.0622 e. The van der Waals surface area contributed by atoms with Crippen LogP contribution in [0.2, 0.25) is 0 Å². The van der Waals surface area contributed by atoms with Crippen molar-refractivity contribution in [3.05, 3.63) is 34.4 Å². The van der Waals surface area contributed by atoms with Gasteiger partial charge in [-0.05, 0) is 84.5 Å². The molecule has 0 aromatic heterocycles. The van der Waals surface area contributed by atoms with Crippen molar-refractivity contribution < 1.29 is 0 Å². The van der Waals surface area contributed by atoms with E-state index in [4.69, 9.17) is 0 Å². The van der Waals surface area contributed by atoms with Crippen LogP contribution in [0.5, 0.6) is 0 Å². The first-order valence-corrected chi connectivity index (χ1v) is 8.31. The molecule has 3 aliphatic carbocycles. The van der Waals surface area contributed by atoms with Gasteiger partial charge in [-0.25, -0.2) is 0 Å². The quantitative estimate of drug-likeness (QED) is 0.609. The van der Waals surface area contributed by atoms with Gasteiger partial charge in [0.05, 0.1) is 0 Å². The maximum atomic E-state index is 2.55. The predicted octanol–water partition coefficient (Wildman–Crippen LogP) is 5.03. The Balaban J connectivity index is 1.81. The third-order valence-corrected chi connectivity index (χ3v) is 6.42. The van der Waals surface area contributed by atoms with Crippen LogP contribution in [-0.2, 0) is 19.3 Å². The lowest BCUT2D eigenvalue weighted by molar-refractivity contribution is 0.251. The average molecular weight is 254 g/mol. The van der Waals surface area contributed by atoms with Crippen LogP contribution in [0.4, 0.5) is 0 Å². The van der Waals surface area contributed by atoms with Crippen LogP contribution >= 0.6 is 0 Å². The largest absolute Gasteiger partial charge is 0.0622 e. The molecule has 0 heteroatoms. The lowest BCUT2D eigenvalue weighted by atomic mass is 9.65. The number of rotatable bonds is 0. The van der Waals surface area contributed by atoms with Gasteiger partial charge in [-0.3, -0.25) is 0 Å². The minimum absolute atomic E-state index is 0.628. The summed E-state index contributed by atoms with van der Waals surface area (Å²) in [5.74, 6) is 1.77. The minimum atomic E-state index is 0.628. The normalized spacial score (nSPS) is 36.5. The van der Waals surface area contributed by atoms with Gasteiger partial charge in [0.2, 0.25) is 0 Å². The predicted molar refractivity (Wildman–Crippen MR) is 80.7 cm³/mol. The molecule has 0 nitrogen and oxygen atoms in total. The second-order valence-electron chi connectivity index (χ2n) is 7.72. The summed E-state index contributed by atoms with van der Waals surface area (Å²) in [6, 6.07) is 4.99. The maximum Gasteiger partial charge on any atom is -0.0105 e. The zero-order valence-electron chi connectivity index (χ0n) is 12.5. The summed E-state index contributed by atoms with van der Waals surface area (Å²) in [5, 5.41) is 0. The lowest BCUT2D eigenvalue weighted by Gasteiger charge is -2.40. The van der Waals surface area contributed by atoms with Crippen molar-refractivity contribution >= 4 is 0 Å². The Morgan fingerprint density at radius 1 is 1.05 bits per heavy atom. The van der Waals surface area contributed by atoms with Crippen LogP contribution in [0, 0.1) is 11.3 Å². The van der Waals surface area contributed by atoms with Crippen molar-refractivity contribution in [1.82, 2.24) is 0 Å². The van der Waals surface area contributed by atoms with Gasteiger partial charge in [-0.15, -0.1) is 0 Å². The highest BCUT2D eigenvalue weighted by Gasteiger charge is 2.43. The second kappa shape index (κ2) is 4.11. The SMILES string of the molecule is C[C@H]1CCc2c(ccc3c2CCC2(C)CCCC32)C1. The zero-order chi connectivity index (χ0) is 13.0. The summed E-state index contributed by atoms with van der Waals surface area (Å²) >= 11 is 0. The maximum absolute atomic E-state index is 2.55. The summed E-state index contributed by atoms with van der Waals surface area (Å²) in [4.78, 5) is 0. The van der Waals surface area contributed by atoms with E-state index in [2.05, 4.69) is 26.0 Å². The molecule has 0 aliphatic heterocycles. The fourth-order valence-corrected chi connectivity index (χ4v) is 5.23. The Morgan fingerprint density at radius 3 is 2.84 bits per heavy atom. The van der Waals surface area contributed by atoms with Crippen LogP contribution < -0.4 is 0 Å². The first kappa shape index (κ1) is 12.0. The van der Waals surface area contributed by atoms with Gasteiger partial charge in [0.1, 0.15) is 0 Å². The van der Waals surface area contributed by atoms with Gasteiger partial charge in [-0.1, -0.05) is 32.4 Å². The molecular weight excluding hydrogens is 228 g/mol. The van der Waals surface area contributed by atoms with Crippen LogP contribution in [0.1, 0.15) is 74.1 Å². The molecule has 0 spiro atoms. The topological polar surface area (TPSA) is 0 Å². The molecule has 4 rings (SSSR count). The van der Waals surface area contributed by atoms with Gasteiger partial charge in [0.25, 0.3) is 0 Å². The number of fused-ring (bicyclic) bond motifs is 5. The molecule has 2 unspecified atom stereocenters. The fourth-order valence-electron chi connectivity index (χ4n) is 5.23. The van der Waals surface area contributed by atoms with E-state index in [9.17, 15) is 0 Å². The average Bonchev–Trinajstić information content (AvgIpc) is 2.79. The van der Waals surface area contributed by atoms with Crippen LogP contribution in [0.25, 0.3) is 0 Å². The molecule has 3 aliphatic rings. The Hall–Kier alpha value is -0.780. The highest BCUT2D eigenvalue weighted by atomic mass is 14.5. The van der Waals surface area contributed by atoms with Gasteiger partial charge in [0, 0.05) is 0 Å². The zero-order valence-corrected chi connectivity index (χ0v) is 12.5. The fraction of sp³-hybridized carbons (Fsp3) is 0.684. The van der Waals surface area contributed by atoms with E-state index >= 15 is 0 Å². The standard InChI is InChI=1S/C19H26/c1-13-5-7-15-14(12-13)6-8-17-16(15)9-11-19(2)10-3-4-18(17)19/h6,8,13,18H,3-5,7,9-12H2,1-2H3/t13-,18?,19?/m0/s1. The summed E-state index contributed by atoms with van der Waals surface area (Å²) in [6.45, 7) is 4.96. The molecular formula is C19H26. The molecule has 0 radical (unpaired) electrons. The van der Waals surface area contributed by atoms with E-state index in [1.165, 1.54) is 51.4 Å². The van der Waals surface area contributed by atoms with Crippen LogP contribution in [0.3, 0.4) is 0 Å². The molecule has 0 N–H and O–H groups in total. The third kappa shape index (κ3) is 1.72.